The summed E-state index contributed by atoms with van der Waals surface area (Å²) in [5.74, 6) is 0.162. The Hall–Kier alpha value is -3.03. The van der Waals surface area contributed by atoms with Gasteiger partial charge in [-0.3, -0.25) is 4.57 Å². The van der Waals surface area contributed by atoms with Crippen molar-refractivity contribution in [2.24, 2.45) is 5.92 Å². The van der Waals surface area contributed by atoms with Crippen LogP contribution in [-0.2, 0) is 22.7 Å². The molecule has 1 saturated carbocycles. The molecule has 0 radical (unpaired) electrons. The molecule has 2 aromatic carbocycles. The number of hydrogen-bond acceptors (Lipinski definition) is 6. The van der Waals surface area contributed by atoms with Gasteiger partial charge in [0.05, 0.1) is 33.0 Å². The first-order valence-corrected chi connectivity index (χ1v) is 11.0. The van der Waals surface area contributed by atoms with Crippen LogP contribution in [0.2, 0.25) is 0 Å². The van der Waals surface area contributed by atoms with Gasteiger partial charge >= 0.3 is 11.7 Å². The van der Waals surface area contributed by atoms with E-state index < -0.39 is 0 Å². The minimum absolute atomic E-state index is 0.00954. The highest BCUT2D eigenvalue weighted by Gasteiger charge is 2.33. The Labute approximate surface area is 188 Å². The molecule has 1 fully saturated rings. The first kappa shape index (κ1) is 22.2. The van der Waals surface area contributed by atoms with E-state index in [0.29, 0.717) is 19.8 Å². The van der Waals surface area contributed by atoms with Crippen LogP contribution in [0.15, 0.2) is 71.8 Å². The fraction of sp³-hybridized carbons (Fsp3) is 0.400. The van der Waals surface area contributed by atoms with E-state index in [1.807, 2.05) is 36.4 Å². The van der Waals surface area contributed by atoms with E-state index in [-0.39, 0.29) is 29.8 Å². The van der Waals surface area contributed by atoms with E-state index in [1.165, 1.54) is 13.4 Å². The topological polar surface area (TPSA) is 75.5 Å². The number of nitrogens with zero attached hydrogens (tertiary/aromatic N) is 3. The number of hydrogen-bond donors (Lipinski definition) is 0. The van der Waals surface area contributed by atoms with Crippen LogP contribution in [0, 0.1) is 5.92 Å². The highest BCUT2D eigenvalue weighted by molar-refractivity contribution is 5.14. The average molecular weight is 436 g/mol. The molecule has 7 heteroatoms. The molecule has 168 valence electrons. The summed E-state index contributed by atoms with van der Waals surface area (Å²) in [4.78, 5) is 20.5. The lowest BCUT2D eigenvalue weighted by molar-refractivity contribution is -0.0623. The second-order valence-corrected chi connectivity index (χ2v) is 8.10. The molecular weight excluding hydrogens is 406 g/mol. The van der Waals surface area contributed by atoms with Crippen molar-refractivity contribution in [2.45, 2.75) is 44.6 Å². The molecule has 1 unspecified atom stereocenters. The molecule has 0 saturated heterocycles. The number of benzene rings is 2. The van der Waals surface area contributed by atoms with Gasteiger partial charge in [0, 0.05) is 12.0 Å². The van der Waals surface area contributed by atoms with Crippen molar-refractivity contribution in [1.29, 1.82) is 0 Å². The summed E-state index contributed by atoms with van der Waals surface area (Å²) >= 11 is 0. The first-order chi connectivity index (χ1) is 15.7. The highest BCUT2D eigenvalue weighted by atomic mass is 16.5. The zero-order valence-electron chi connectivity index (χ0n) is 18.3. The van der Waals surface area contributed by atoms with Crippen molar-refractivity contribution in [2.75, 3.05) is 13.7 Å². The standard InChI is InChI=1S/C25H29N3O4/c1-30-24-26-18-28(25(29)27-24)22-12-13-23(32-16-20-10-6-3-7-11-20)21(14-22)17-31-15-19-8-4-2-5-9-19/h2-11,18,21-23H,12-17H2,1H3/t21-,22+,23?/m1/s1. The molecule has 0 spiro atoms. The van der Waals surface area contributed by atoms with E-state index in [4.69, 9.17) is 14.2 Å². The molecule has 1 aromatic heterocycles. The van der Waals surface area contributed by atoms with Crippen molar-refractivity contribution in [1.82, 2.24) is 14.5 Å². The van der Waals surface area contributed by atoms with Crippen LogP contribution in [0.5, 0.6) is 6.01 Å². The molecular formula is C25H29N3O4. The quantitative estimate of drug-likeness (QED) is 0.509. The molecule has 0 amide bonds. The van der Waals surface area contributed by atoms with Crippen LogP contribution in [0.3, 0.4) is 0 Å². The van der Waals surface area contributed by atoms with Gasteiger partial charge in [0.15, 0.2) is 0 Å². The number of rotatable bonds is 9. The van der Waals surface area contributed by atoms with Crippen LogP contribution in [-0.4, -0.2) is 34.4 Å². The lowest BCUT2D eigenvalue weighted by Crippen LogP contribution is -2.38. The molecule has 0 aliphatic heterocycles. The van der Waals surface area contributed by atoms with E-state index in [0.717, 1.165) is 30.4 Å². The summed E-state index contributed by atoms with van der Waals surface area (Å²) in [5, 5.41) is 0. The van der Waals surface area contributed by atoms with Gasteiger partial charge in [-0.05, 0) is 30.4 Å². The van der Waals surface area contributed by atoms with Crippen molar-refractivity contribution in [3.63, 3.8) is 0 Å². The molecule has 1 aliphatic carbocycles. The van der Waals surface area contributed by atoms with Crippen LogP contribution >= 0.6 is 0 Å². The summed E-state index contributed by atoms with van der Waals surface area (Å²) in [6, 6.07) is 20.4. The van der Waals surface area contributed by atoms with Crippen LogP contribution < -0.4 is 10.4 Å². The monoisotopic (exact) mass is 435 g/mol. The first-order valence-electron chi connectivity index (χ1n) is 11.0. The molecule has 3 atom stereocenters. The average Bonchev–Trinajstić information content (AvgIpc) is 2.84. The highest BCUT2D eigenvalue weighted by Crippen LogP contribution is 2.34. The minimum atomic E-state index is -0.338. The molecule has 7 nitrogen and oxygen atoms in total. The van der Waals surface area contributed by atoms with Gasteiger partial charge in [-0.25, -0.2) is 4.79 Å². The Kier molecular flexibility index (Phi) is 7.64. The third kappa shape index (κ3) is 5.81. The Morgan fingerprint density at radius 1 is 0.969 bits per heavy atom. The summed E-state index contributed by atoms with van der Waals surface area (Å²) in [7, 11) is 1.45. The summed E-state index contributed by atoms with van der Waals surface area (Å²) in [6.45, 7) is 1.69. The number of aromatic nitrogens is 3. The fourth-order valence-electron chi connectivity index (χ4n) is 4.22. The number of methoxy groups -OCH3 is 1. The molecule has 4 rings (SSSR count). The lowest BCUT2D eigenvalue weighted by Gasteiger charge is -2.36. The van der Waals surface area contributed by atoms with Gasteiger partial charge in [0.25, 0.3) is 0 Å². The smallest absolute Gasteiger partial charge is 0.353 e. The van der Waals surface area contributed by atoms with Gasteiger partial charge in [-0.1, -0.05) is 60.7 Å². The van der Waals surface area contributed by atoms with Crippen molar-refractivity contribution in [3.8, 4) is 6.01 Å². The zero-order chi connectivity index (χ0) is 22.2. The van der Waals surface area contributed by atoms with E-state index in [2.05, 4.69) is 34.2 Å². The SMILES string of the molecule is COc1ncn([C@H]2CCC(OCc3ccccc3)[C@@H](COCc3ccccc3)C2)c(=O)n1. The third-order valence-electron chi connectivity index (χ3n) is 5.92. The van der Waals surface area contributed by atoms with Gasteiger partial charge in [0.1, 0.15) is 6.33 Å². The summed E-state index contributed by atoms with van der Waals surface area (Å²) in [5.41, 5.74) is 1.95. The normalized spacial score (nSPS) is 20.7. The maximum Gasteiger partial charge on any atom is 0.353 e. The molecule has 1 aliphatic rings. The summed E-state index contributed by atoms with van der Waals surface area (Å²) < 4.78 is 19.0. The lowest BCUT2D eigenvalue weighted by atomic mass is 9.83. The van der Waals surface area contributed by atoms with Crippen molar-refractivity contribution >= 4 is 0 Å². The maximum absolute atomic E-state index is 12.5. The molecule has 32 heavy (non-hydrogen) atoms. The van der Waals surface area contributed by atoms with Gasteiger partial charge in [-0.15, -0.1) is 4.98 Å². The van der Waals surface area contributed by atoms with Gasteiger partial charge in [-0.2, -0.15) is 4.98 Å². The van der Waals surface area contributed by atoms with Crippen molar-refractivity contribution < 1.29 is 14.2 Å². The largest absolute Gasteiger partial charge is 0.467 e. The number of ether oxygens (including phenoxy) is 3. The van der Waals surface area contributed by atoms with Gasteiger partial charge < -0.3 is 14.2 Å². The van der Waals surface area contributed by atoms with E-state index >= 15 is 0 Å². The van der Waals surface area contributed by atoms with E-state index in [9.17, 15) is 4.79 Å². The second kappa shape index (κ2) is 11.0. The maximum atomic E-state index is 12.5. The Morgan fingerprint density at radius 2 is 1.66 bits per heavy atom. The van der Waals surface area contributed by atoms with Crippen LogP contribution in [0.4, 0.5) is 0 Å². The third-order valence-corrected chi connectivity index (χ3v) is 5.92. The Morgan fingerprint density at radius 3 is 2.31 bits per heavy atom. The van der Waals surface area contributed by atoms with Crippen LogP contribution in [0.1, 0.15) is 36.4 Å². The zero-order valence-corrected chi connectivity index (χ0v) is 18.3. The van der Waals surface area contributed by atoms with Crippen LogP contribution in [0.25, 0.3) is 0 Å². The second-order valence-electron chi connectivity index (χ2n) is 8.10. The molecule has 0 N–H and O–H groups in total. The molecule has 0 bridgehead atoms. The molecule has 3 aromatic rings. The Balaban J connectivity index is 1.43. The van der Waals surface area contributed by atoms with Gasteiger partial charge in [0.2, 0.25) is 0 Å². The molecule has 1 heterocycles. The predicted octanol–water partition coefficient (Wildman–Crippen LogP) is 3.79. The Bertz CT molecular complexity index is 1030. The van der Waals surface area contributed by atoms with E-state index in [1.54, 1.807) is 4.57 Å². The minimum Gasteiger partial charge on any atom is -0.467 e. The summed E-state index contributed by atoms with van der Waals surface area (Å²) in [6.07, 6.45) is 4.03. The fourth-order valence-corrected chi connectivity index (χ4v) is 4.22. The predicted molar refractivity (Wildman–Crippen MR) is 120 cm³/mol. The van der Waals surface area contributed by atoms with Crippen molar-refractivity contribution in [3.05, 3.63) is 88.6 Å².